The molecular formula is C72H129O24P. The average Bonchev–Trinajstić information content (AvgIpc) is 0.763. The fourth-order valence-electron chi connectivity index (χ4n) is 12.1. The average molecular weight is 1410 g/mol. The Bertz CT molecular complexity index is 2150. The zero-order valence-corrected chi connectivity index (χ0v) is 59.8. The van der Waals surface area contributed by atoms with Gasteiger partial charge in [0.05, 0.1) is 13.2 Å². The van der Waals surface area contributed by atoms with Gasteiger partial charge in [-0.3, -0.25) is 18.6 Å². The highest BCUT2D eigenvalue weighted by atomic mass is 31.2. The number of carbonyl (C=O) groups is 3. The molecular weight excluding hydrogens is 1280 g/mol. The van der Waals surface area contributed by atoms with Crippen molar-refractivity contribution < 1.29 is 117 Å². The number of phosphoric ester groups is 1. The van der Waals surface area contributed by atoms with Crippen LogP contribution in [0.4, 0.5) is 0 Å². The Morgan fingerprint density at radius 2 is 0.804 bits per heavy atom. The number of unbranched alkanes of at least 4 members (excludes halogenated alkanes) is 33. The minimum absolute atomic E-state index is 0.0200. The first-order chi connectivity index (χ1) is 46.8. The van der Waals surface area contributed by atoms with Crippen molar-refractivity contribution >= 4 is 25.7 Å². The van der Waals surface area contributed by atoms with Crippen molar-refractivity contribution in [3.8, 4) is 0 Å². The normalized spacial score (nSPS) is 28.0. The number of aliphatic hydroxyl groups excluding tert-OH is 10. The van der Waals surface area contributed by atoms with Gasteiger partial charge in [0.15, 0.2) is 18.7 Å². The summed E-state index contributed by atoms with van der Waals surface area (Å²) in [6.07, 6.45) is 15.7. The van der Waals surface area contributed by atoms with E-state index in [1.165, 1.54) is 122 Å². The van der Waals surface area contributed by atoms with Crippen LogP contribution in [0.1, 0.15) is 271 Å². The van der Waals surface area contributed by atoms with Crippen LogP contribution in [0, 0.1) is 0 Å². The molecule has 1 aliphatic carbocycles. The maximum Gasteiger partial charge on any atom is 0.472 e. The summed E-state index contributed by atoms with van der Waals surface area (Å²) in [4.78, 5) is 50.8. The van der Waals surface area contributed by atoms with Crippen molar-refractivity contribution in [3.63, 3.8) is 0 Å². The van der Waals surface area contributed by atoms with Crippen molar-refractivity contribution in [1.82, 2.24) is 0 Å². The number of allylic oxidation sites excluding steroid dienone is 5. The molecule has 0 radical (unpaired) electrons. The second-order valence-corrected chi connectivity index (χ2v) is 28.1. The summed E-state index contributed by atoms with van der Waals surface area (Å²) in [6, 6.07) is 0. The molecule has 0 aromatic heterocycles. The van der Waals surface area contributed by atoms with Gasteiger partial charge in [0.2, 0.25) is 0 Å². The third kappa shape index (κ3) is 37.3. The van der Waals surface area contributed by atoms with Gasteiger partial charge in [-0.05, 0) is 51.4 Å². The second-order valence-electron chi connectivity index (χ2n) is 26.7. The lowest BCUT2D eigenvalue weighted by atomic mass is 9.84. The molecule has 566 valence electrons. The molecule has 24 nitrogen and oxygen atoms in total. The Hall–Kier alpha value is -2.82. The molecule has 11 N–H and O–H groups in total. The number of ether oxygens (including phenoxy) is 7. The molecule has 3 fully saturated rings. The summed E-state index contributed by atoms with van der Waals surface area (Å²) >= 11 is 0. The van der Waals surface area contributed by atoms with Crippen molar-refractivity contribution in [2.75, 3.05) is 26.4 Å². The van der Waals surface area contributed by atoms with Gasteiger partial charge in [0.25, 0.3) is 0 Å². The van der Waals surface area contributed by atoms with E-state index in [1.807, 2.05) is 6.08 Å². The first-order valence-corrected chi connectivity index (χ1v) is 38.8. The van der Waals surface area contributed by atoms with Crippen molar-refractivity contribution in [2.45, 2.75) is 375 Å². The molecule has 2 heterocycles. The monoisotopic (exact) mass is 1410 g/mol. The third-order valence-corrected chi connectivity index (χ3v) is 19.2. The standard InChI is InChI=1S/C72H129O24P/c1-4-7-10-13-16-19-22-25-27-29-32-34-37-40-43-46-56(74)88-50-53(91-58(76)48-45-42-39-36-31-24-21-18-15-12-9-6-3)51-90-97(86,87)96-70-68(94-71-66(84)61(79)59(77)54(49-73)92-71)64(82)63(81)65(83)69(70)95-72-67(85)62(80)60(78)55(93-72)52-89-57(75)47-44-41-38-35-33-30-28-26-23-20-17-14-11-8-5-2/h20,23,37,40,43,46,53-55,59-73,77-85H,4-19,21-22,24-36,38-39,41-42,44-45,47-52H2,1-3H3,(H,86,87)/b23-20-,40-37+,46-43+. The number of hydrogen-bond donors (Lipinski definition) is 11. The van der Waals surface area contributed by atoms with Gasteiger partial charge in [-0.2, -0.15) is 0 Å². The van der Waals surface area contributed by atoms with Crippen LogP contribution in [0.25, 0.3) is 0 Å². The fourth-order valence-corrected chi connectivity index (χ4v) is 13.1. The van der Waals surface area contributed by atoms with Crippen LogP contribution in [-0.4, -0.2) is 204 Å². The molecule has 0 spiro atoms. The zero-order chi connectivity index (χ0) is 71.1. The molecule has 18 atom stereocenters. The highest BCUT2D eigenvalue weighted by Crippen LogP contribution is 2.49. The van der Waals surface area contributed by atoms with Gasteiger partial charge >= 0.3 is 25.7 Å². The van der Waals surface area contributed by atoms with Crippen LogP contribution in [0.15, 0.2) is 36.5 Å². The predicted octanol–water partition coefficient (Wildman–Crippen LogP) is 9.90. The Labute approximate surface area is 578 Å². The van der Waals surface area contributed by atoms with E-state index in [0.717, 1.165) is 115 Å². The fraction of sp³-hybridized carbons (Fsp3) is 0.875. The lowest BCUT2D eigenvalue weighted by molar-refractivity contribution is -0.360. The first-order valence-electron chi connectivity index (χ1n) is 37.3. The molecule has 2 aliphatic heterocycles. The largest absolute Gasteiger partial charge is 0.472 e. The summed E-state index contributed by atoms with van der Waals surface area (Å²) in [5, 5.41) is 110. The third-order valence-electron chi connectivity index (χ3n) is 18.2. The molecule has 1 saturated carbocycles. The van der Waals surface area contributed by atoms with Crippen LogP contribution in [0.2, 0.25) is 0 Å². The van der Waals surface area contributed by atoms with E-state index in [1.54, 1.807) is 6.08 Å². The van der Waals surface area contributed by atoms with Gasteiger partial charge in [0.1, 0.15) is 98.7 Å². The van der Waals surface area contributed by atoms with Gasteiger partial charge < -0.3 is 89.1 Å². The van der Waals surface area contributed by atoms with E-state index in [-0.39, 0.29) is 12.8 Å². The van der Waals surface area contributed by atoms with E-state index in [9.17, 15) is 74.9 Å². The number of rotatable bonds is 57. The van der Waals surface area contributed by atoms with Crippen molar-refractivity contribution in [3.05, 3.63) is 36.5 Å². The molecule has 0 aromatic carbocycles. The lowest BCUT2D eigenvalue weighted by Crippen LogP contribution is -2.69. The molecule has 2 saturated heterocycles. The van der Waals surface area contributed by atoms with Crippen LogP contribution >= 0.6 is 7.82 Å². The molecule has 0 amide bonds. The summed E-state index contributed by atoms with van der Waals surface area (Å²) in [6.45, 7) is 3.30. The minimum Gasteiger partial charge on any atom is -0.463 e. The molecule has 3 aliphatic rings. The molecule has 3 rings (SSSR count). The van der Waals surface area contributed by atoms with Crippen molar-refractivity contribution in [1.29, 1.82) is 0 Å². The van der Waals surface area contributed by atoms with Crippen LogP contribution in [0.5, 0.6) is 0 Å². The van der Waals surface area contributed by atoms with E-state index in [4.69, 9.17) is 42.2 Å². The number of phosphoric acid groups is 1. The zero-order valence-electron chi connectivity index (χ0n) is 58.9. The van der Waals surface area contributed by atoms with Gasteiger partial charge in [0, 0.05) is 18.9 Å². The quantitative estimate of drug-likeness (QED) is 0.00513. The molecule has 97 heavy (non-hydrogen) atoms. The second kappa shape index (κ2) is 53.9. The predicted molar refractivity (Wildman–Crippen MR) is 365 cm³/mol. The molecule has 18 unspecified atom stereocenters. The molecule has 25 heteroatoms. The van der Waals surface area contributed by atoms with Gasteiger partial charge in [-0.25, -0.2) is 9.36 Å². The minimum atomic E-state index is -5.71. The summed E-state index contributed by atoms with van der Waals surface area (Å²) in [5.41, 5.74) is 0. The highest BCUT2D eigenvalue weighted by molar-refractivity contribution is 7.47. The summed E-state index contributed by atoms with van der Waals surface area (Å²) in [7, 11) is -5.71. The SMILES string of the molecule is CCCCCC/C=C\CCCCCCCCCC(=O)OCC1OC(OC2C(O)C(O)C(O)C(OC3OC(CO)C(O)C(O)C3O)C2OP(=O)(O)OCC(COC(=O)/C=C/C=C/CCCCCCCCCCCCC)OC(=O)CCCCCCCCCCCCCC)C(O)C(O)C1O. The maximum absolute atomic E-state index is 14.3. The van der Waals surface area contributed by atoms with E-state index < -0.39 is 156 Å². The smallest absolute Gasteiger partial charge is 0.463 e. The number of esters is 3. The summed E-state index contributed by atoms with van der Waals surface area (Å²) in [5.74, 6) is -2.25. The Balaban J connectivity index is 1.75. The number of carbonyl (C=O) groups excluding carboxylic acids is 3. The lowest BCUT2D eigenvalue weighted by Gasteiger charge is -2.49. The van der Waals surface area contributed by atoms with E-state index >= 15 is 0 Å². The Kier molecular flexibility index (Phi) is 49.1. The maximum atomic E-state index is 14.3. The Morgan fingerprint density at radius 1 is 0.423 bits per heavy atom. The Morgan fingerprint density at radius 3 is 1.26 bits per heavy atom. The molecule has 0 aromatic rings. The summed E-state index contributed by atoms with van der Waals surface area (Å²) < 4.78 is 64.7. The van der Waals surface area contributed by atoms with Gasteiger partial charge in [-0.15, -0.1) is 0 Å². The van der Waals surface area contributed by atoms with Crippen LogP contribution in [-0.2, 0) is 61.2 Å². The van der Waals surface area contributed by atoms with E-state index in [2.05, 4.69) is 32.9 Å². The topological polar surface area (TPSA) is 374 Å². The van der Waals surface area contributed by atoms with Crippen molar-refractivity contribution in [2.24, 2.45) is 0 Å². The van der Waals surface area contributed by atoms with Crippen LogP contribution < -0.4 is 0 Å². The first kappa shape index (κ1) is 88.4. The molecule has 0 bridgehead atoms. The van der Waals surface area contributed by atoms with Gasteiger partial charge in [-0.1, -0.05) is 237 Å². The van der Waals surface area contributed by atoms with Crippen LogP contribution in [0.3, 0.4) is 0 Å². The number of aliphatic hydroxyl groups is 10. The highest BCUT2D eigenvalue weighted by Gasteiger charge is 2.58. The number of hydrogen-bond acceptors (Lipinski definition) is 23. The van der Waals surface area contributed by atoms with E-state index in [0.29, 0.717) is 12.8 Å².